The van der Waals surface area contributed by atoms with Gasteiger partial charge in [-0.2, -0.15) is 0 Å². The van der Waals surface area contributed by atoms with E-state index in [4.69, 9.17) is 4.74 Å². The van der Waals surface area contributed by atoms with Crippen molar-refractivity contribution in [1.82, 2.24) is 25.2 Å². The van der Waals surface area contributed by atoms with Crippen LogP contribution in [0.4, 0.5) is 5.69 Å². The first-order chi connectivity index (χ1) is 13.5. The van der Waals surface area contributed by atoms with Gasteiger partial charge < -0.3 is 10.1 Å². The monoisotopic (exact) mass is 374 g/mol. The maximum atomic E-state index is 12.9. The van der Waals surface area contributed by atoms with E-state index < -0.39 is 0 Å². The molecule has 2 aromatic carbocycles. The number of ether oxygens (including phenoxy) is 1. The Labute approximate surface area is 161 Å². The average Bonchev–Trinajstić information content (AvgIpc) is 3.13. The lowest BCUT2D eigenvalue weighted by Crippen LogP contribution is -2.14. The van der Waals surface area contributed by atoms with Crippen LogP contribution in [0, 0.1) is 6.92 Å². The highest BCUT2D eigenvalue weighted by Gasteiger charge is 2.14. The molecule has 0 aliphatic rings. The van der Waals surface area contributed by atoms with Gasteiger partial charge in [0.2, 0.25) is 0 Å². The summed E-state index contributed by atoms with van der Waals surface area (Å²) in [6.45, 7) is 1.82. The smallest absolute Gasteiger partial charge is 0.257 e. The van der Waals surface area contributed by atoms with Gasteiger partial charge in [0.05, 0.1) is 23.9 Å². The number of carbonyl (C=O) groups is 1. The van der Waals surface area contributed by atoms with Crippen molar-refractivity contribution in [2.24, 2.45) is 7.05 Å². The minimum Gasteiger partial charge on any atom is -0.497 e. The van der Waals surface area contributed by atoms with Crippen LogP contribution in [-0.2, 0) is 7.05 Å². The molecule has 1 amide bonds. The van der Waals surface area contributed by atoms with Crippen LogP contribution in [0.15, 0.2) is 48.5 Å². The van der Waals surface area contributed by atoms with Crippen molar-refractivity contribution in [3.8, 4) is 17.1 Å². The van der Waals surface area contributed by atoms with Gasteiger partial charge in [0.15, 0.2) is 5.82 Å². The number of aromatic nitrogens is 5. The van der Waals surface area contributed by atoms with Crippen molar-refractivity contribution in [3.05, 3.63) is 59.8 Å². The van der Waals surface area contributed by atoms with E-state index in [1.165, 1.54) is 0 Å². The van der Waals surface area contributed by atoms with Crippen LogP contribution in [0.2, 0.25) is 0 Å². The molecule has 0 saturated heterocycles. The third-order valence-electron chi connectivity index (χ3n) is 4.46. The second-order valence-corrected chi connectivity index (χ2v) is 6.34. The molecule has 8 nitrogen and oxygen atoms in total. The van der Waals surface area contributed by atoms with Crippen molar-refractivity contribution in [3.63, 3.8) is 0 Å². The van der Waals surface area contributed by atoms with Gasteiger partial charge in [-0.05, 0) is 53.7 Å². The number of aryl methyl sites for hydroxylation is 2. The van der Waals surface area contributed by atoms with Crippen molar-refractivity contribution in [1.29, 1.82) is 0 Å². The molecule has 0 bridgehead atoms. The number of anilines is 1. The van der Waals surface area contributed by atoms with E-state index in [1.54, 1.807) is 18.8 Å². The van der Waals surface area contributed by atoms with Crippen molar-refractivity contribution in [2.75, 3.05) is 12.4 Å². The molecule has 1 N–H and O–H groups in total. The van der Waals surface area contributed by atoms with Crippen molar-refractivity contribution < 1.29 is 9.53 Å². The third-order valence-corrected chi connectivity index (χ3v) is 4.46. The lowest BCUT2D eigenvalue weighted by molar-refractivity contribution is 0.102. The fourth-order valence-corrected chi connectivity index (χ4v) is 3.02. The summed E-state index contributed by atoms with van der Waals surface area (Å²) in [6.07, 6.45) is 0. The summed E-state index contributed by atoms with van der Waals surface area (Å²) in [5, 5.41) is 15.2. The molecule has 2 heterocycles. The SMILES string of the molecule is COc1ccc2nc(C)c(C(=O)Nc3cccc(-c4nnnn4C)c3)cc2c1. The maximum absolute atomic E-state index is 12.9. The van der Waals surface area contributed by atoms with Gasteiger partial charge in [-0.15, -0.1) is 5.10 Å². The van der Waals surface area contributed by atoms with Gasteiger partial charge in [0.1, 0.15) is 5.75 Å². The molecule has 2 aromatic heterocycles. The summed E-state index contributed by atoms with van der Waals surface area (Å²) in [4.78, 5) is 17.4. The number of tetrazole rings is 1. The number of hydrogen-bond donors (Lipinski definition) is 1. The Morgan fingerprint density at radius 2 is 2.00 bits per heavy atom. The molecule has 140 valence electrons. The molecular formula is C20H18N6O2. The number of amides is 1. The molecule has 0 radical (unpaired) electrons. The van der Waals surface area contributed by atoms with Gasteiger partial charge >= 0.3 is 0 Å². The summed E-state index contributed by atoms with van der Waals surface area (Å²) in [7, 11) is 3.37. The van der Waals surface area contributed by atoms with Gasteiger partial charge in [-0.3, -0.25) is 9.78 Å². The predicted molar refractivity (Wildman–Crippen MR) is 105 cm³/mol. The Kier molecular flexibility index (Phi) is 4.44. The number of methoxy groups -OCH3 is 1. The first kappa shape index (κ1) is 17.6. The van der Waals surface area contributed by atoms with Gasteiger partial charge in [0.25, 0.3) is 5.91 Å². The number of pyridine rings is 1. The zero-order valence-corrected chi connectivity index (χ0v) is 15.7. The maximum Gasteiger partial charge on any atom is 0.257 e. The van der Waals surface area contributed by atoms with E-state index in [-0.39, 0.29) is 5.91 Å². The first-order valence-electron chi connectivity index (χ1n) is 8.64. The van der Waals surface area contributed by atoms with Crippen LogP contribution in [-0.4, -0.2) is 38.2 Å². The lowest BCUT2D eigenvalue weighted by Gasteiger charge is -2.10. The second kappa shape index (κ2) is 7.07. The Morgan fingerprint density at radius 3 is 2.75 bits per heavy atom. The highest BCUT2D eigenvalue weighted by Crippen LogP contribution is 2.24. The molecule has 0 spiro atoms. The number of hydrogen-bond acceptors (Lipinski definition) is 6. The molecule has 0 atom stereocenters. The molecular weight excluding hydrogens is 356 g/mol. The molecule has 0 aliphatic heterocycles. The summed E-state index contributed by atoms with van der Waals surface area (Å²) >= 11 is 0. The molecule has 0 fully saturated rings. The Hall–Kier alpha value is -3.81. The van der Waals surface area contributed by atoms with E-state index in [1.807, 2.05) is 55.5 Å². The zero-order chi connectivity index (χ0) is 19.7. The number of carbonyl (C=O) groups excluding carboxylic acids is 1. The molecule has 0 saturated carbocycles. The average molecular weight is 374 g/mol. The standard InChI is InChI=1S/C20H18N6O2/c1-12-17(11-14-10-16(28-3)7-8-18(14)21-12)20(27)22-15-6-4-5-13(9-15)19-23-24-25-26(19)2/h4-11H,1-3H3,(H,22,27). The zero-order valence-electron chi connectivity index (χ0n) is 15.7. The molecule has 8 heteroatoms. The quantitative estimate of drug-likeness (QED) is 0.590. The van der Waals surface area contributed by atoms with Crippen molar-refractivity contribution in [2.45, 2.75) is 6.92 Å². The number of rotatable bonds is 4. The predicted octanol–water partition coefficient (Wildman–Crippen LogP) is 2.99. The minimum absolute atomic E-state index is 0.233. The molecule has 0 unspecified atom stereocenters. The minimum atomic E-state index is -0.233. The van der Waals surface area contributed by atoms with Gasteiger partial charge in [-0.25, -0.2) is 4.68 Å². The van der Waals surface area contributed by atoms with E-state index in [0.717, 1.165) is 22.2 Å². The van der Waals surface area contributed by atoms with E-state index in [2.05, 4.69) is 25.8 Å². The number of nitrogens with zero attached hydrogens (tertiary/aromatic N) is 5. The largest absolute Gasteiger partial charge is 0.497 e. The fourth-order valence-electron chi connectivity index (χ4n) is 3.02. The highest BCUT2D eigenvalue weighted by molar-refractivity contribution is 6.07. The van der Waals surface area contributed by atoms with Crippen LogP contribution in [0.1, 0.15) is 16.1 Å². The number of benzene rings is 2. The Morgan fingerprint density at radius 1 is 1.14 bits per heavy atom. The Bertz CT molecular complexity index is 1180. The Balaban J connectivity index is 1.65. The fraction of sp³-hybridized carbons (Fsp3) is 0.150. The van der Waals surface area contributed by atoms with Crippen LogP contribution >= 0.6 is 0 Å². The molecule has 4 aromatic rings. The third kappa shape index (κ3) is 3.27. The van der Waals surface area contributed by atoms with Crippen molar-refractivity contribution >= 4 is 22.5 Å². The van der Waals surface area contributed by atoms with E-state index in [9.17, 15) is 4.79 Å². The number of fused-ring (bicyclic) bond motifs is 1. The molecule has 28 heavy (non-hydrogen) atoms. The van der Waals surface area contributed by atoms with Crippen LogP contribution in [0.3, 0.4) is 0 Å². The summed E-state index contributed by atoms with van der Waals surface area (Å²) in [5.74, 6) is 1.10. The topological polar surface area (TPSA) is 94.8 Å². The summed E-state index contributed by atoms with van der Waals surface area (Å²) in [6, 6.07) is 14.8. The summed E-state index contributed by atoms with van der Waals surface area (Å²) in [5.41, 5.74) is 3.43. The van der Waals surface area contributed by atoms with Gasteiger partial charge in [-0.1, -0.05) is 12.1 Å². The number of nitrogens with one attached hydrogen (secondary N) is 1. The van der Waals surface area contributed by atoms with E-state index in [0.29, 0.717) is 22.8 Å². The van der Waals surface area contributed by atoms with Crippen LogP contribution < -0.4 is 10.1 Å². The normalized spacial score (nSPS) is 10.8. The van der Waals surface area contributed by atoms with E-state index >= 15 is 0 Å². The second-order valence-electron chi connectivity index (χ2n) is 6.34. The molecule has 0 aliphatic carbocycles. The van der Waals surface area contributed by atoms with Crippen LogP contribution in [0.25, 0.3) is 22.3 Å². The summed E-state index contributed by atoms with van der Waals surface area (Å²) < 4.78 is 6.84. The van der Waals surface area contributed by atoms with Crippen LogP contribution in [0.5, 0.6) is 5.75 Å². The van der Waals surface area contributed by atoms with Gasteiger partial charge in [0, 0.05) is 23.7 Å². The molecule has 4 rings (SSSR count). The highest BCUT2D eigenvalue weighted by atomic mass is 16.5. The first-order valence-corrected chi connectivity index (χ1v) is 8.64. The lowest BCUT2D eigenvalue weighted by atomic mass is 10.1.